The van der Waals surface area contributed by atoms with E-state index in [0.717, 1.165) is 37.7 Å². The Labute approximate surface area is 122 Å². The van der Waals surface area contributed by atoms with Crippen molar-refractivity contribution in [3.05, 3.63) is 41.5 Å². The molecule has 0 aliphatic heterocycles. The van der Waals surface area contributed by atoms with Gasteiger partial charge in [0.1, 0.15) is 11.9 Å². The third-order valence-electron chi connectivity index (χ3n) is 3.58. The molecule has 1 aromatic rings. The standard InChI is InChI=1S/C16H19F3O2/c17-16(18,19)21-14-10-6-9-13(11-14)15(20)12-7-4-2-1-3-5-8-12/h6-7,9-11,15,20H,1-5,8H2/b12-7+. The van der Waals surface area contributed by atoms with Gasteiger partial charge in [0.05, 0.1) is 0 Å². The Kier molecular flexibility index (Phi) is 5.28. The molecule has 0 fully saturated rings. The summed E-state index contributed by atoms with van der Waals surface area (Å²) >= 11 is 0. The lowest BCUT2D eigenvalue weighted by molar-refractivity contribution is -0.274. The lowest BCUT2D eigenvalue weighted by atomic mass is 9.93. The van der Waals surface area contributed by atoms with Crippen LogP contribution in [0.5, 0.6) is 5.75 Å². The summed E-state index contributed by atoms with van der Waals surface area (Å²) in [6.45, 7) is 0. The Balaban J connectivity index is 2.14. The predicted molar refractivity (Wildman–Crippen MR) is 73.9 cm³/mol. The third kappa shape index (κ3) is 5.08. The molecule has 1 aliphatic rings. The monoisotopic (exact) mass is 300 g/mol. The summed E-state index contributed by atoms with van der Waals surface area (Å²) in [5.74, 6) is -0.300. The summed E-state index contributed by atoms with van der Waals surface area (Å²) in [6, 6.07) is 5.56. The van der Waals surface area contributed by atoms with Crippen LogP contribution in [0.1, 0.15) is 50.2 Å². The minimum absolute atomic E-state index is 0.300. The molecule has 1 unspecified atom stereocenters. The van der Waals surface area contributed by atoms with Gasteiger partial charge in [-0.05, 0) is 49.0 Å². The van der Waals surface area contributed by atoms with Crippen LogP contribution in [-0.4, -0.2) is 11.5 Å². The van der Waals surface area contributed by atoms with Gasteiger partial charge < -0.3 is 9.84 Å². The first-order valence-electron chi connectivity index (χ1n) is 7.18. The molecule has 0 amide bonds. The van der Waals surface area contributed by atoms with Crippen molar-refractivity contribution in [2.75, 3.05) is 0 Å². The van der Waals surface area contributed by atoms with Gasteiger partial charge >= 0.3 is 6.36 Å². The van der Waals surface area contributed by atoms with Crippen LogP contribution in [-0.2, 0) is 0 Å². The number of hydrogen-bond donors (Lipinski definition) is 1. The van der Waals surface area contributed by atoms with Gasteiger partial charge in [-0.2, -0.15) is 0 Å². The van der Waals surface area contributed by atoms with Crippen molar-refractivity contribution in [2.24, 2.45) is 0 Å². The van der Waals surface area contributed by atoms with E-state index in [4.69, 9.17) is 0 Å². The molecule has 1 atom stereocenters. The highest BCUT2D eigenvalue weighted by Gasteiger charge is 2.31. The summed E-state index contributed by atoms with van der Waals surface area (Å²) in [4.78, 5) is 0. The number of aliphatic hydroxyl groups excluding tert-OH is 1. The van der Waals surface area contributed by atoms with Crippen LogP contribution < -0.4 is 4.74 Å². The molecule has 116 valence electrons. The number of ether oxygens (including phenoxy) is 1. The van der Waals surface area contributed by atoms with E-state index in [-0.39, 0.29) is 5.75 Å². The fourth-order valence-corrected chi connectivity index (χ4v) is 2.56. The van der Waals surface area contributed by atoms with Gasteiger partial charge in [0.2, 0.25) is 0 Å². The number of benzene rings is 1. The zero-order chi connectivity index (χ0) is 15.3. The number of halogens is 3. The van der Waals surface area contributed by atoms with Crippen LogP contribution in [0.4, 0.5) is 13.2 Å². The summed E-state index contributed by atoms with van der Waals surface area (Å²) in [5.41, 5.74) is 1.32. The van der Waals surface area contributed by atoms with Gasteiger partial charge in [0.25, 0.3) is 0 Å². The molecule has 0 saturated carbocycles. The number of rotatable bonds is 3. The zero-order valence-electron chi connectivity index (χ0n) is 11.7. The van der Waals surface area contributed by atoms with Gasteiger partial charge in [0.15, 0.2) is 0 Å². The van der Waals surface area contributed by atoms with Gasteiger partial charge in [-0.15, -0.1) is 13.2 Å². The molecule has 0 saturated heterocycles. The Bertz CT molecular complexity index is 495. The van der Waals surface area contributed by atoms with E-state index < -0.39 is 12.5 Å². The average Bonchev–Trinajstić information content (AvgIpc) is 2.36. The van der Waals surface area contributed by atoms with Crippen LogP contribution in [0.25, 0.3) is 0 Å². The molecule has 1 aliphatic carbocycles. The smallest absolute Gasteiger partial charge is 0.406 e. The van der Waals surface area contributed by atoms with Crippen LogP contribution in [0.15, 0.2) is 35.9 Å². The molecular formula is C16H19F3O2. The van der Waals surface area contributed by atoms with E-state index in [2.05, 4.69) is 4.74 Å². The number of alkyl halides is 3. The van der Waals surface area contributed by atoms with Crippen molar-refractivity contribution in [2.45, 2.75) is 51.0 Å². The van der Waals surface area contributed by atoms with E-state index in [9.17, 15) is 18.3 Å². The third-order valence-corrected chi connectivity index (χ3v) is 3.58. The average molecular weight is 300 g/mol. The largest absolute Gasteiger partial charge is 0.573 e. The maximum Gasteiger partial charge on any atom is 0.573 e. The molecule has 0 aromatic heterocycles. The minimum Gasteiger partial charge on any atom is -0.406 e. The van der Waals surface area contributed by atoms with Crippen LogP contribution in [0, 0.1) is 0 Å². The van der Waals surface area contributed by atoms with Crippen LogP contribution in [0.3, 0.4) is 0 Å². The highest BCUT2D eigenvalue weighted by atomic mass is 19.4. The molecule has 0 heterocycles. The van der Waals surface area contributed by atoms with Crippen LogP contribution >= 0.6 is 0 Å². The molecule has 2 rings (SSSR count). The molecule has 2 nitrogen and oxygen atoms in total. The van der Waals surface area contributed by atoms with Crippen molar-refractivity contribution in [3.8, 4) is 5.75 Å². The van der Waals surface area contributed by atoms with Crippen molar-refractivity contribution in [1.82, 2.24) is 0 Å². The van der Waals surface area contributed by atoms with Crippen molar-refractivity contribution in [1.29, 1.82) is 0 Å². The molecule has 21 heavy (non-hydrogen) atoms. The number of allylic oxidation sites excluding steroid dienone is 1. The Morgan fingerprint density at radius 2 is 1.86 bits per heavy atom. The second-order valence-corrected chi connectivity index (χ2v) is 5.25. The van der Waals surface area contributed by atoms with E-state index >= 15 is 0 Å². The normalized spacial score (nSPS) is 20.9. The first-order valence-corrected chi connectivity index (χ1v) is 7.18. The molecule has 0 spiro atoms. The van der Waals surface area contributed by atoms with Crippen molar-refractivity contribution in [3.63, 3.8) is 0 Å². The predicted octanol–water partition coefficient (Wildman–Crippen LogP) is 4.90. The molecule has 0 radical (unpaired) electrons. The molecule has 5 heteroatoms. The second-order valence-electron chi connectivity index (χ2n) is 5.25. The van der Waals surface area contributed by atoms with Crippen molar-refractivity contribution >= 4 is 0 Å². The van der Waals surface area contributed by atoms with Gasteiger partial charge in [0, 0.05) is 0 Å². The SMILES string of the molecule is OC(/C1=C/CCCCCC1)c1cccc(OC(F)(F)F)c1. The number of aliphatic hydroxyl groups is 1. The fourth-order valence-electron chi connectivity index (χ4n) is 2.56. The zero-order valence-corrected chi connectivity index (χ0v) is 11.7. The Hall–Kier alpha value is -1.49. The highest BCUT2D eigenvalue weighted by molar-refractivity contribution is 5.34. The highest BCUT2D eigenvalue weighted by Crippen LogP contribution is 2.31. The maximum absolute atomic E-state index is 12.2. The lowest BCUT2D eigenvalue weighted by Crippen LogP contribution is -2.17. The molecular weight excluding hydrogens is 281 g/mol. The maximum atomic E-state index is 12.2. The molecule has 1 aromatic carbocycles. The Morgan fingerprint density at radius 1 is 1.10 bits per heavy atom. The number of hydrogen-bond acceptors (Lipinski definition) is 2. The first kappa shape index (κ1) is 15.9. The van der Waals surface area contributed by atoms with Gasteiger partial charge in [-0.1, -0.05) is 31.1 Å². The Morgan fingerprint density at radius 3 is 2.62 bits per heavy atom. The van der Waals surface area contributed by atoms with Gasteiger partial charge in [-0.3, -0.25) is 0 Å². The van der Waals surface area contributed by atoms with Gasteiger partial charge in [-0.25, -0.2) is 0 Å². The summed E-state index contributed by atoms with van der Waals surface area (Å²) in [7, 11) is 0. The topological polar surface area (TPSA) is 29.5 Å². The summed E-state index contributed by atoms with van der Waals surface area (Å²) < 4.78 is 40.6. The fraction of sp³-hybridized carbons (Fsp3) is 0.500. The van der Waals surface area contributed by atoms with E-state index in [1.807, 2.05) is 6.08 Å². The minimum atomic E-state index is -4.72. The quantitative estimate of drug-likeness (QED) is 0.805. The van der Waals surface area contributed by atoms with Crippen LogP contribution in [0.2, 0.25) is 0 Å². The first-order chi connectivity index (χ1) is 9.96. The van der Waals surface area contributed by atoms with E-state index in [1.54, 1.807) is 6.07 Å². The van der Waals surface area contributed by atoms with Crippen molar-refractivity contribution < 1.29 is 23.0 Å². The van der Waals surface area contributed by atoms with E-state index in [1.165, 1.54) is 24.6 Å². The molecule has 0 bridgehead atoms. The van der Waals surface area contributed by atoms with E-state index in [0.29, 0.717) is 5.56 Å². The lowest BCUT2D eigenvalue weighted by Gasteiger charge is -2.18. The second kappa shape index (κ2) is 6.98. The summed E-state index contributed by atoms with van der Waals surface area (Å²) in [6.07, 6.45) is 2.53. The molecule has 1 N–H and O–H groups in total. The summed E-state index contributed by atoms with van der Waals surface area (Å²) in [5, 5.41) is 10.4.